The highest BCUT2D eigenvalue weighted by atomic mass is 16.6. The summed E-state index contributed by atoms with van der Waals surface area (Å²) in [6, 6.07) is 5.07. The van der Waals surface area contributed by atoms with Crippen LogP contribution in [0.15, 0.2) is 18.2 Å². The van der Waals surface area contributed by atoms with Crippen molar-refractivity contribution in [3.05, 3.63) is 23.8 Å². The monoisotopic (exact) mass is 347 g/mol. The Morgan fingerprint density at radius 3 is 2.40 bits per heavy atom. The van der Waals surface area contributed by atoms with Crippen LogP contribution in [0.1, 0.15) is 49.9 Å². The second kappa shape index (κ2) is 11.9. The maximum atomic E-state index is 12.3. The minimum absolute atomic E-state index is 0.0165. The molecular weight excluding hydrogens is 322 g/mol. The van der Waals surface area contributed by atoms with E-state index < -0.39 is 5.91 Å². The fourth-order valence-electron chi connectivity index (χ4n) is 1.92. The lowest BCUT2D eigenvalue weighted by molar-refractivity contribution is -0.132. The van der Waals surface area contributed by atoms with Crippen molar-refractivity contribution in [1.29, 1.82) is 0 Å². The molecule has 0 unspecified atom stereocenters. The van der Waals surface area contributed by atoms with E-state index in [-0.39, 0.29) is 25.2 Å². The number of hydrogen-bond acceptors (Lipinski definition) is 5. The van der Waals surface area contributed by atoms with Crippen LogP contribution in [0.25, 0.3) is 0 Å². The highest BCUT2D eigenvalue weighted by molar-refractivity contribution is 5.98. The molecule has 0 aromatic heterocycles. The van der Waals surface area contributed by atoms with Gasteiger partial charge in [-0.3, -0.25) is 14.4 Å². The molecule has 0 spiro atoms. The average molecular weight is 347 g/mol. The van der Waals surface area contributed by atoms with Crippen molar-refractivity contribution < 1.29 is 23.9 Å². The minimum atomic E-state index is -0.394. The van der Waals surface area contributed by atoms with Gasteiger partial charge in [-0.15, -0.1) is 6.42 Å². The number of Topliss-reactive ketones (excluding diaryl/α,β-unsaturated/α-hetero) is 1. The number of hydrogen-bond donors (Lipinski definition) is 1. The van der Waals surface area contributed by atoms with Crippen LogP contribution in [-0.4, -0.2) is 31.5 Å². The Morgan fingerprint density at radius 1 is 1.08 bits per heavy atom. The van der Waals surface area contributed by atoms with E-state index in [1.54, 1.807) is 18.2 Å². The largest absolute Gasteiger partial charge is 0.490 e. The summed E-state index contributed by atoms with van der Waals surface area (Å²) in [5, 5.41) is 0. The molecule has 1 aromatic carbocycles. The second-order valence-electron chi connectivity index (χ2n) is 5.30. The summed E-state index contributed by atoms with van der Waals surface area (Å²) in [6.45, 7) is 5.12. The molecule has 0 saturated carbocycles. The smallest absolute Gasteiger partial charge is 0.244 e. The summed E-state index contributed by atoms with van der Waals surface area (Å²) >= 11 is 0. The Kier molecular flexibility index (Phi) is 9.79. The lowest BCUT2D eigenvalue weighted by atomic mass is 10.1. The first-order chi connectivity index (χ1) is 12.1. The van der Waals surface area contributed by atoms with Gasteiger partial charge in [0.05, 0.1) is 13.2 Å². The Bertz CT molecular complexity index is 606. The number of benzene rings is 1. The molecule has 136 valence electrons. The van der Waals surface area contributed by atoms with Crippen LogP contribution in [-0.2, 0) is 9.63 Å². The molecule has 1 N–H and O–H groups in total. The predicted octanol–water partition coefficient (Wildman–Crippen LogP) is 2.91. The first-order valence-corrected chi connectivity index (χ1v) is 8.39. The molecule has 0 saturated heterocycles. The van der Waals surface area contributed by atoms with Gasteiger partial charge in [0.2, 0.25) is 5.91 Å². The molecule has 0 aliphatic carbocycles. The maximum Gasteiger partial charge on any atom is 0.244 e. The Morgan fingerprint density at radius 2 is 1.76 bits per heavy atom. The number of ketones is 1. The second-order valence-corrected chi connectivity index (χ2v) is 5.30. The average Bonchev–Trinajstić information content (AvgIpc) is 2.63. The highest BCUT2D eigenvalue weighted by Crippen LogP contribution is 2.29. The summed E-state index contributed by atoms with van der Waals surface area (Å²) < 4.78 is 11.3. The molecule has 1 rings (SSSR count). The Balaban J connectivity index is 2.67. The summed E-state index contributed by atoms with van der Waals surface area (Å²) in [5.41, 5.74) is 2.66. The SMILES string of the molecule is C#CCONC(=O)CCC(=O)c1ccc(OCCC)c(OCCC)c1. The summed E-state index contributed by atoms with van der Waals surface area (Å²) in [4.78, 5) is 28.5. The molecule has 0 aliphatic heterocycles. The van der Waals surface area contributed by atoms with E-state index in [0.29, 0.717) is 30.3 Å². The molecule has 0 atom stereocenters. The fourth-order valence-corrected chi connectivity index (χ4v) is 1.92. The molecular formula is C19H25NO5. The molecule has 1 aromatic rings. The first-order valence-electron chi connectivity index (χ1n) is 8.39. The first kappa shape index (κ1) is 20.5. The van der Waals surface area contributed by atoms with E-state index in [9.17, 15) is 9.59 Å². The number of carbonyl (C=O) groups is 2. The standard InChI is InChI=1S/C19H25NO5/c1-4-11-23-17-9-7-15(14-18(17)24-12-5-2)16(21)8-10-19(22)20-25-13-6-3/h3,7,9,14H,4-5,8,10-13H2,1-2H3,(H,20,22). The maximum absolute atomic E-state index is 12.3. The summed E-state index contributed by atoms with van der Waals surface area (Å²) in [7, 11) is 0. The van der Waals surface area contributed by atoms with Gasteiger partial charge in [0.15, 0.2) is 17.3 Å². The molecule has 6 heteroatoms. The van der Waals surface area contributed by atoms with Crippen LogP contribution in [0, 0.1) is 12.3 Å². The number of hydroxylamine groups is 1. The lowest BCUT2D eigenvalue weighted by Crippen LogP contribution is -2.24. The zero-order chi connectivity index (χ0) is 18.5. The van der Waals surface area contributed by atoms with Gasteiger partial charge in [0, 0.05) is 18.4 Å². The van der Waals surface area contributed by atoms with E-state index in [0.717, 1.165) is 12.8 Å². The number of ether oxygens (including phenoxy) is 2. The number of carbonyl (C=O) groups excluding carboxylic acids is 2. The molecule has 25 heavy (non-hydrogen) atoms. The third-order valence-electron chi connectivity index (χ3n) is 3.11. The highest BCUT2D eigenvalue weighted by Gasteiger charge is 2.13. The van der Waals surface area contributed by atoms with Gasteiger partial charge in [0.1, 0.15) is 6.61 Å². The predicted molar refractivity (Wildman–Crippen MR) is 94.5 cm³/mol. The van der Waals surface area contributed by atoms with Crippen molar-refractivity contribution in [1.82, 2.24) is 5.48 Å². The molecule has 6 nitrogen and oxygen atoms in total. The molecule has 0 bridgehead atoms. The fraction of sp³-hybridized carbons (Fsp3) is 0.474. The zero-order valence-electron chi connectivity index (χ0n) is 14.8. The molecule has 0 aliphatic rings. The Labute approximate surface area is 148 Å². The molecule has 1 amide bonds. The van der Waals surface area contributed by atoms with Crippen LogP contribution in [0.2, 0.25) is 0 Å². The van der Waals surface area contributed by atoms with Crippen LogP contribution in [0.4, 0.5) is 0 Å². The molecule has 0 heterocycles. The van der Waals surface area contributed by atoms with Crippen molar-refractivity contribution in [2.24, 2.45) is 0 Å². The van der Waals surface area contributed by atoms with Gasteiger partial charge in [-0.25, -0.2) is 5.48 Å². The lowest BCUT2D eigenvalue weighted by Gasteiger charge is -2.13. The van der Waals surface area contributed by atoms with Crippen LogP contribution < -0.4 is 15.0 Å². The third-order valence-corrected chi connectivity index (χ3v) is 3.11. The zero-order valence-corrected chi connectivity index (χ0v) is 14.8. The number of rotatable bonds is 12. The van der Waals surface area contributed by atoms with Crippen LogP contribution in [0.3, 0.4) is 0 Å². The van der Waals surface area contributed by atoms with Crippen molar-refractivity contribution >= 4 is 11.7 Å². The van der Waals surface area contributed by atoms with Gasteiger partial charge in [-0.2, -0.15) is 0 Å². The van der Waals surface area contributed by atoms with E-state index in [1.165, 1.54) is 0 Å². The van der Waals surface area contributed by atoms with Crippen molar-refractivity contribution in [3.8, 4) is 23.8 Å². The van der Waals surface area contributed by atoms with Gasteiger partial charge in [-0.1, -0.05) is 19.8 Å². The van der Waals surface area contributed by atoms with E-state index >= 15 is 0 Å². The molecule has 0 radical (unpaired) electrons. The quantitative estimate of drug-likeness (QED) is 0.272. The third kappa shape index (κ3) is 7.73. The van der Waals surface area contributed by atoms with E-state index in [4.69, 9.17) is 20.7 Å². The van der Waals surface area contributed by atoms with Crippen molar-refractivity contribution in [2.75, 3.05) is 19.8 Å². The summed E-state index contributed by atoms with van der Waals surface area (Å²) in [6.07, 6.45) is 6.81. The number of amides is 1. The minimum Gasteiger partial charge on any atom is -0.490 e. The van der Waals surface area contributed by atoms with Gasteiger partial charge < -0.3 is 9.47 Å². The van der Waals surface area contributed by atoms with Crippen LogP contribution in [0.5, 0.6) is 11.5 Å². The van der Waals surface area contributed by atoms with Crippen molar-refractivity contribution in [3.63, 3.8) is 0 Å². The number of terminal acetylenes is 1. The number of nitrogens with one attached hydrogen (secondary N) is 1. The molecule has 0 fully saturated rings. The van der Waals surface area contributed by atoms with E-state index in [2.05, 4.69) is 11.4 Å². The topological polar surface area (TPSA) is 73.9 Å². The van der Waals surface area contributed by atoms with Gasteiger partial charge in [0.25, 0.3) is 0 Å². The normalized spacial score (nSPS) is 9.96. The van der Waals surface area contributed by atoms with E-state index in [1.807, 2.05) is 13.8 Å². The van der Waals surface area contributed by atoms with Gasteiger partial charge in [-0.05, 0) is 31.0 Å². The van der Waals surface area contributed by atoms with Gasteiger partial charge >= 0.3 is 0 Å². The summed E-state index contributed by atoms with van der Waals surface area (Å²) in [5.74, 6) is 2.84. The Hall–Kier alpha value is -2.52. The van der Waals surface area contributed by atoms with Crippen LogP contribution >= 0.6 is 0 Å². The van der Waals surface area contributed by atoms with Crippen molar-refractivity contribution in [2.45, 2.75) is 39.5 Å².